The largest absolute Gasteiger partial charge is 0.460 e. The Morgan fingerprint density at radius 2 is 2.07 bits per heavy atom. The van der Waals surface area contributed by atoms with E-state index in [1.54, 1.807) is 6.92 Å². The van der Waals surface area contributed by atoms with E-state index >= 15 is 0 Å². The molecule has 80 valence electrons. The van der Waals surface area contributed by atoms with Crippen LogP contribution in [0.4, 0.5) is 0 Å². The Balaban J connectivity index is 3.69. The molecule has 0 rings (SSSR count). The van der Waals surface area contributed by atoms with Crippen molar-refractivity contribution in [1.29, 1.82) is 0 Å². The lowest BCUT2D eigenvalue weighted by molar-refractivity contribution is -0.169. The predicted molar refractivity (Wildman–Crippen MR) is 49.6 cm³/mol. The van der Waals surface area contributed by atoms with Crippen LogP contribution in [0.5, 0.6) is 0 Å². The maximum Gasteiger partial charge on any atom is 0.333 e. The number of esters is 1. The fourth-order valence-electron chi connectivity index (χ4n) is 0.655. The van der Waals surface area contributed by atoms with Crippen molar-refractivity contribution in [2.75, 3.05) is 13.2 Å². The highest BCUT2D eigenvalue weighted by molar-refractivity contribution is 5.86. The van der Waals surface area contributed by atoms with Crippen LogP contribution in [0.1, 0.15) is 20.3 Å². The molecule has 14 heavy (non-hydrogen) atoms. The number of carbonyl (C=O) groups is 2. The normalized spacial score (nSPS) is 9.36. The molecule has 0 aliphatic heterocycles. The summed E-state index contributed by atoms with van der Waals surface area (Å²) in [5, 5.41) is 9.57. The molecule has 0 aliphatic carbocycles. The van der Waals surface area contributed by atoms with Crippen LogP contribution in [-0.4, -0.2) is 35.3 Å². The molecule has 0 bridgehead atoms. The van der Waals surface area contributed by atoms with Crippen molar-refractivity contribution in [1.82, 2.24) is 5.06 Å². The first-order valence-electron chi connectivity index (χ1n) is 4.31. The van der Waals surface area contributed by atoms with Crippen LogP contribution in [0.2, 0.25) is 0 Å². The molecule has 1 amide bonds. The van der Waals surface area contributed by atoms with Crippen LogP contribution in [0, 0.1) is 0 Å². The number of amides is 1. The van der Waals surface area contributed by atoms with Crippen molar-refractivity contribution >= 4 is 11.9 Å². The molecule has 0 atom stereocenters. The van der Waals surface area contributed by atoms with E-state index in [1.807, 2.05) is 0 Å². The smallest absolute Gasteiger partial charge is 0.333 e. The first kappa shape index (κ1) is 12.6. The van der Waals surface area contributed by atoms with Crippen LogP contribution in [0.3, 0.4) is 0 Å². The lowest BCUT2D eigenvalue weighted by Crippen LogP contribution is -2.30. The molecule has 0 aromatic rings. The molecule has 0 unspecified atom stereocenters. The molecule has 0 saturated carbocycles. The summed E-state index contributed by atoms with van der Waals surface area (Å²) in [6.07, 6.45) is 0.213. The molecule has 0 fully saturated rings. The first-order valence-corrected chi connectivity index (χ1v) is 4.31. The number of rotatable bonds is 5. The van der Waals surface area contributed by atoms with E-state index in [0.29, 0.717) is 5.06 Å². The van der Waals surface area contributed by atoms with Crippen LogP contribution >= 0.6 is 0 Å². The van der Waals surface area contributed by atoms with Crippen LogP contribution in [0.25, 0.3) is 0 Å². The van der Waals surface area contributed by atoms with Crippen molar-refractivity contribution in [2.24, 2.45) is 0 Å². The van der Waals surface area contributed by atoms with Crippen molar-refractivity contribution < 1.29 is 19.5 Å². The zero-order valence-electron chi connectivity index (χ0n) is 8.45. The average Bonchev–Trinajstić information content (AvgIpc) is 2.15. The molecule has 0 radical (unpaired) electrons. The van der Waals surface area contributed by atoms with E-state index in [4.69, 9.17) is 5.21 Å². The second-order valence-corrected chi connectivity index (χ2v) is 2.79. The molecule has 5 heteroatoms. The summed E-state index contributed by atoms with van der Waals surface area (Å²) in [5.41, 5.74) is 0.288. The summed E-state index contributed by atoms with van der Waals surface area (Å²) < 4.78 is 4.68. The molecule has 0 spiro atoms. The van der Waals surface area contributed by atoms with Gasteiger partial charge in [0.2, 0.25) is 5.91 Å². The highest BCUT2D eigenvalue weighted by Gasteiger charge is 2.09. The lowest BCUT2D eigenvalue weighted by atomic mass is 10.4. The van der Waals surface area contributed by atoms with Gasteiger partial charge in [-0.05, 0) is 6.92 Å². The van der Waals surface area contributed by atoms with Gasteiger partial charge in [-0.25, -0.2) is 9.86 Å². The monoisotopic (exact) mass is 201 g/mol. The summed E-state index contributed by atoms with van der Waals surface area (Å²) >= 11 is 0. The maximum atomic E-state index is 10.9. The summed E-state index contributed by atoms with van der Waals surface area (Å²) in [6, 6.07) is 0. The Morgan fingerprint density at radius 1 is 1.50 bits per heavy atom. The highest BCUT2D eigenvalue weighted by Crippen LogP contribution is 1.93. The van der Waals surface area contributed by atoms with E-state index in [1.165, 1.54) is 6.92 Å². The Morgan fingerprint density at radius 3 is 2.50 bits per heavy atom. The van der Waals surface area contributed by atoms with E-state index in [-0.39, 0.29) is 25.1 Å². The van der Waals surface area contributed by atoms with Crippen LogP contribution in [0.15, 0.2) is 12.2 Å². The van der Waals surface area contributed by atoms with Gasteiger partial charge < -0.3 is 4.74 Å². The summed E-state index contributed by atoms with van der Waals surface area (Å²) in [6.45, 7) is 6.49. The molecule has 5 nitrogen and oxygen atoms in total. The molecular weight excluding hydrogens is 186 g/mol. The Bertz CT molecular complexity index is 237. The minimum absolute atomic E-state index is 0.0221. The first-order chi connectivity index (χ1) is 6.49. The van der Waals surface area contributed by atoms with Crippen molar-refractivity contribution in [3.05, 3.63) is 12.2 Å². The van der Waals surface area contributed by atoms with E-state index < -0.39 is 11.9 Å². The highest BCUT2D eigenvalue weighted by atomic mass is 16.5. The van der Waals surface area contributed by atoms with Crippen molar-refractivity contribution in [3.8, 4) is 0 Å². The van der Waals surface area contributed by atoms with Gasteiger partial charge in [0.15, 0.2) is 0 Å². The quantitative estimate of drug-likeness (QED) is 0.308. The number of hydrogen-bond donors (Lipinski definition) is 1. The van der Waals surface area contributed by atoms with Gasteiger partial charge in [0, 0.05) is 12.0 Å². The third-order valence-electron chi connectivity index (χ3n) is 1.48. The summed E-state index contributed by atoms with van der Waals surface area (Å²) in [4.78, 5) is 21.7. The minimum Gasteiger partial charge on any atom is -0.460 e. The standard InChI is InChI=1S/C9H15NO4/c1-4-8(11)10(13)5-6-14-9(12)7(2)3/h13H,2,4-6H2,1,3H3. The molecule has 0 aliphatic rings. The Hall–Kier alpha value is -1.36. The zero-order chi connectivity index (χ0) is 11.1. The topological polar surface area (TPSA) is 66.8 Å². The van der Waals surface area contributed by atoms with Crippen molar-refractivity contribution in [2.45, 2.75) is 20.3 Å². The second-order valence-electron chi connectivity index (χ2n) is 2.79. The van der Waals surface area contributed by atoms with Crippen LogP contribution < -0.4 is 0 Å². The maximum absolute atomic E-state index is 10.9. The zero-order valence-corrected chi connectivity index (χ0v) is 8.45. The fraction of sp³-hybridized carbons (Fsp3) is 0.556. The van der Waals surface area contributed by atoms with Gasteiger partial charge in [0.25, 0.3) is 0 Å². The Labute approximate surface area is 82.9 Å². The van der Waals surface area contributed by atoms with E-state index in [9.17, 15) is 9.59 Å². The van der Waals surface area contributed by atoms with Gasteiger partial charge in [0.1, 0.15) is 6.61 Å². The number of carbonyl (C=O) groups excluding carboxylic acids is 2. The SMILES string of the molecule is C=C(C)C(=O)OCCN(O)C(=O)CC. The average molecular weight is 201 g/mol. The van der Waals surface area contributed by atoms with Gasteiger partial charge in [-0.3, -0.25) is 10.0 Å². The lowest BCUT2D eigenvalue weighted by Gasteiger charge is -2.13. The molecule has 0 heterocycles. The van der Waals surface area contributed by atoms with Gasteiger partial charge in [-0.1, -0.05) is 13.5 Å². The summed E-state index contributed by atoms with van der Waals surface area (Å²) in [5.74, 6) is -0.932. The van der Waals surface area contributed by atoms with Crippen LogP contribution in [-0.2, 0) is 14.3 Å². The van der Waals surface area contributed by atoms with Gasteiger partial charge in [-0.15, -0.1) is 0 Å². The van der Waals surface area contributed by atoms with Gasteiger partial charge in [-0.2, -0.15) is 0 Å². The van der Waals surface area contributed by atoms with E-state index in [2.05, 4.69) is 11.3 Å². The third kappa shape index (κ3) is 4.61. The predicted octanol–water partition coefficient (Wildman–Crippen LogP) is 0.733. The minimum atomic E-state index is -0.526. The number of nitrogens with zero attached hydrogens (tertiary/aromatic N) is 1. The van der Waals surface area contributed by atoms with Gasteiger partial charge >= 0.3 is 5.97 Å². The molecular formula is C9H15NO4. The molecule has 0 saturated heterocycles. The second kappa shape index (κ2) is 6.15. The Kier molecular flexibility index (Phi) is 5.55. The number of ether oxygens (including phenoxy) is 1. The van der Waals surface area contributed by atoms with E-state index in [0.717, 1.165) is 0 Å². The molecule has 1 N–H and O–H groups in total. The molecule has 0 aromatic carbocycles. The van der Waals surface area contributed by atoms with Gasteiger partial charge in [0.05, 0.1) is 6.54 Å². The van der Waals surface area contributed by atoms with Crippen molar-refractivity contribution in [3.63, 3.8) is 0 Å². The third-order valence-corrected chi connectivity index (χ3v) is 1.48. The molecule has 0 aromatic heterocycles. The summed E-state index contributed by atoms with van der Waals surface area (Å²) in [7, 11) is 0. The number of hydrogen-bond acceptors (Lipinski definition) is 4. The number of hydroxylamine groups is 2. The fourth-order valence-corrected chi connectivity index (χ4v) is 0.655.